The molecule has 0 N–H and O–H groups in total. The first-order valence-corrected chi connectivity index (χ1v) is 10.4. The van der Waals surface area contributed by atoms with Gasteiger partial charge in [-0.2, -0.15) is 0 Å². The lowest BCUT2D eigenvalue weighted by atomic mass is 9.83. The summed E-state index contributed by atoms with van der Waals surface area (Å²) in [6.45, 7) is 3.51. The van der Waals surface area contributed by atoms with E-state index in [2.05, 4.69) is 33.1 Å². The van der Waals surface area contributed by atoms with Crippen molar-refractivity contribution in [3.8, 4) is 11.1 Å². The smallest absolute Gasteiger partial charge is 0.258 e. The molecule has 3 aromatic heterocycles. The summed E-state index contributed by atoms with van der Waals surface area (Å²) in [5.41, 5.74) is 3.62. The van der Waals surface area contributed by atoms with Gasteiger partial charge < -0.3 is 8.98 Å². The Hall–Kier alpha value is -3.25. The van der Waals surface area contributed by atoms with Gasteiger partial charge in [0.25, 0.3) is 5.56 Å². The molecule has 2 atom stereocenters. The molecular weight excluding hydrogens is 376 g/mol. The SMILES string of the molecule is O=c1c(-c2cncnc2)ccc2n1C[C@H]1C[C@@H]2CN(Cc2cc3ccccc3o2)C1. The Morgan fingerprint density at radius 1 is 1.03 bits per heavy atom. The van der Waals surface area contributed by atoms with Gasteiger partial charge in [-0.3, -0.25) is 9.69 Å². The van der Waals surface area contributed by atoms with Crippen LogP contribution in [0.1, 0.15) is 23.8 Å². The summed E-state index contributed by atoms with van der Waals surface area (Å²) in [4.78, 5) is 23.8. The number of aromatic nitrogens is 3. The Morgan fingerprint density at radius 2 is 1.90 bits per heavy atom. The van der Waals surface area contributed by atoms with E-state index in [-0.39, 0.29) is 5.56 Å². The van der Waals surface area contributed by atoms with E-state index in [0.29, 0.717) is 17.4 Å². The highest BCUT2D eigenvalue weighted by Gasteiger charge is 2.35. The molecule has 1 saturated heterocycles. The second kappa shape index (κ2) is 6.92. The van der Waals surface area contributed by atoms with Crippen LogP contribution in [0.25, 0.3) is 22.1 Å². The molecular formula is C24H22N4O2. The third-order valence-corrected chi connectivity index (χ3v) is 6.41. The summed E-state index contributed by atoms with van der Waals surface area (Å²) in [7, 11) is 0. The average molecular weight is 398 g/mol. The molecule has 6 nitrogen and oxygen atoms in total. The number of hydrogen-bond acceptors (Lipinski definition) is 5. The normalized spacial score (nSPS) is 20.9. The van der Waals surface area contributed by atoms with Crippen LogP contribution in [-0.4, -0.2) is 32.5 Å². The molecule has 4 aromatic rings. The summed E-state index contributed by atoms with van der Waals surface area (Å²) in [5.74, 6) is 1.85. The van der Waals surface area contributed by atoms with Gasteiger partial charge in [-0.15, -0.1) is 0 Å². The zero-order valence-corrected chi connectivity index (χ0v) is 16.6. The van der Waals surface area contributed by atoms with E-state index in [1.165, 1.54) is 6.33 Å². The van der Waals surface area contributed by atoms with Gasteiger partial charge in [0.2, 0.25) is 0 Å². The van der Waals surface area contributed by atoms with Crippen LogP contribution in [0.15, 0.2) is 70.4 Å². The first-order chi connectivity index (χ1) is 14.7. The Kier molecular flexibility index (Phi) is 4.06. The maximum atomic E-state index is 13.2. The van der Waals surface area contributed by atoms with Crippen molar-refractivity contribution in [3.63, 3.8) is 0 Å². The second-order valence-electron chi connectivity index (χ2n) is 8.46. The van der Waals surface area contributed by atoms with Crippen LogP contribution in [0.3, 0.4) is 0 Å². The molecule has 0 amide bonds. The van der Waals surface area contributed by atoms with Crippen LogP contribution in [0, 0.1) is 5.92 Å². The van der Waals surface area contributed by atoms with Crippen molar-refractivity contribution in [1.29, 1.82) is 0 Å². The van der Waals surface area contributed by atoms with Crippen molar-refractivity contribution in [2.45, 2.75) is 25.4 Å². The van der Waals surface area contributed by atoms with Gasteiger partial charge in [-0.25, -0.2) is 9.97 Å². The molecule has 150 valence electrons. The Bertz CT molecular complexity index is 1240. The van der Waals surface area contributed by atoms with Crippen molar-refractivity contribution in [1.82, 2.24) is 19.4 Å². The predicted octanol–water partition coefficient (Wildman–Crippen LogP) is 3.67. The van der Waals surface area contributed by atoms with E-state index in [9.17, 15) is 4.79 Å². The lowest BCUT2D eigenvalue weighted by Gasteiger charge is -2.42. The molecule has 1 fully saturated rings. The van der Waals surface area contributed by atoms with E-state index in [1.807, 2.05) is 28.8 Å². The molecule has 0 spiro atoms. The summed E-state index contributed by atoms with van der Waals surface area (Å²) >= 11 is 0. The first kappa shape index (κ1) is 17.6. The first-order valence-electron chi connectivity index (χ1n) is 10.4. The molecule has 0 aliphatic carbocycles. The number of benzene rings is 1. The van der Waals surface area contributed by atoms with Gasteiger partial charge in [0.15, 0.2) is 0 Å². The summed E-state index contributed by atoms with van der Waals surface area (Å²) < 4.78 is 8.02. The number of hydrogen-bond donors (Lipinski definition) is 0. The number of rotatable bonds is 3. The van der Waals surface area contributed by atoms with Crippen LogP contribution in [0.5, 0.6) is 0 Å². The monoisotopic (exact) mass is 398 g/mol. The minimum atomic E-state index is 0.0720. The van der Waals surface area contributed by atoms with Gasteiger partial charge >= 0.3 is 0 Å². The number of likely N-dealkylation sites (tertiary alicyclic amines) is 1. The topological polar surface area (TPSA) is 64.2 Å². The van der Waals surface area contributed by atoms with Crippen molar-refractivity contribution >= 4 is 11.0 Å². The molecule has 2 aliphatic rings. The highest BCUT2D eigenvalue weighted by atomic mass is 16.3. The predicted molar refractivity (Wildman–Crippen MR) is 114 cm³/mol. The van der Waals surface area contributed by atoms with Crippen molar-refractivity contribution in [3.05, 3.63) is 83.0 Å². The largest absolute Gasteiger partial charge is 0.460 e. The van der Waals surface area contributed by atoms with Crippen LogP contribution in [0.4, 0.5) is 0 Å². The van der Waals surface area contributed by atoms with Gasteiger partial charge in [0, 0.05) is 54.6 Å². The van der Waals surface area contributed by atoms with Gasteiger partial charge in [-0.05, 0) is 36.6 Å². The van der Waals surface area contributed by atoms with Gasteiger partial charge in [0.05, 0.1) is 12.1 Å². The molecule has 6 heteroatoms. The third-order valence-electron chi connectivity index (χ3n) is 6.41. The molecule has 30 heavy (non-hydrogen) atoms. The van der Waals surface area contributed by atoms with Gasteiger partial charge in [-0.1, -0.05) is 18.2 Å². The second-order valence-corrected chi connectivity index (χ2v) is 8.46. The standard InChI is InChI=1S/C24H22N4O2/c29-24-21(19-9-25-15-26-10-19)5-6-22-18-7-16(12-28(22)24)11-27(13-18)14-20-8-17-3-1-2-4-23(17)30-20/h1-6,8-10,15-16,18H,7,11-14H2/t16-,18+/m0/s1. The fraction of sp³-hybridized carbons (Fsp3) is 0.292. The molecule has 2 aliphatic heterocycles. The minimum absolute atomic E-state index is 0.0720. The van der Waals surface area contributed by atoms with Crippen molar-refractivity contribution in [2.75, 3.05) is 13.1 Å². The number of furan rings is 1. The minimum Gasteiger partial charge on any atom is -0.460 e. The number of fused-ring (bicyclic) bond motifs is 5. The summed E-state index contributed by atoms with van der Waals surface area (Å²) in [6, 6.07) is 14.4. The fourth-order valence-corrected chi connectivity index (χ4v) is 5.17. The maximum absolute atomic E-state index is 13.2. The Balaban J connectivity index is 1.28. The summed E-state index contributed by atoms with van der Waals surface area (Å²) in [6.07, 6.45) is 6.04. The van der Waals surface area contributed by atoms with Crippen LogP contribution < -0.4 is 5.56 Å². The zero-order chi connectivity index (χ0) is 20.1. The average Bonchev–Trinajstić information content (AvgIpc) is 3.17. The highest BCUT2D eigenvalue weighted by Crippen LogP contribution is 2.36. The number of piperidine rings is 1. The maximum Gasteiger partial charge on any atom is 0.258 e. The quantitative estimate of drug-likeness (QED) is 0.527. The van der Waals surface area contributed by atoms with Crippen LogP contribution >= 0.6 is 0 Å². The van der Waals surface area contributed by atoms with E-state index < -0.39 is 0 Å². The van der Waals surface area contributed by atoms with Crippen LogP contribution in [-0.2, 0) is 13.1 Å². The van der Waals surface area contributed by atoms with Gasteiger partial charge in [0.1, 0.15) is 17.7 Å². The number of pyridine rings is 1. The molecule has 0 radical (unpaired) electrons. The lowest BCUT2D eigenvalue weighted by Crippen LogP contribution is -2.46. The Morgan fingerprint density at radius 3 is 2.77 bits per heavy atom. The highest BCUT2D eigenvalue weighted by molar-refractivity contribution is 5.77. The van der Waals surface area contributed by atoms with E-state index in [4.69, 9.17) is 4.42 Å². The zero-order valence-electron chi connectivity index (χ0n) is 16.6. The fourth-order valence-electron chi connectivity index (χ4n) is 5.17. The van der Waals surface area contributed by atoms with Crippen molar-refractivity contribution in [2.24, 2.45) is 5.92 Å². The molecule has 0 saturated carbocycles. The van der Waals surface area contributed by atoms with Crippen molar-refractivity contribution < 1.29 is 4.42 Å². The Labute approximate surface area is 173 Å². The molecule has 2 bridgehead atoms. The number of nitrogens with zero attached hydrogens (tertiary/aromatic N) is 4. The molecule has 5 heterocycles. The van der Waals surface area contributed by atoms with E-state index >= 15 is 0 Å². The van der Waals surface area contributed by atoms with Crippen LogP contribution in [0.2, 0.25) is 0 Å². The molecule has 0 unspecified atom stereocenters. The number of para-hydroxylation sites is 1. The third kappa shape index (κ3) is 2.95. The lowest BCUT2D eigenvalue weighted by molar-refractivity contribution is 0.108. The molecule has 1 aromatic carbocycles. The molecule has 6 rings (SSSR count). The van der Waals surface area contributed by atoms with E-state index in [1.54, 1.807) is 12.4 Å². The van der Waals surface area contributed by atoms with E-state index in [0.717, 1.165) is 60.6 Å². The summed E-state index contributed by atoms with van der Waals surface area (Å²) in [5, 5.41) is 1.15.